The fraction of sp³-hybridized carbons (Fsp3) is 0.500. The van der Waals surface area contributed by atoms with E-state index in [2.05, 4.69) is 43.1 Å². The second-order valence-electron chi connectivity index (χ2n) is 5.67. The number of rotatable bonds is 4. The minimum absolute atomic E-state index is 0.457. The molecule has 6 nitrogen and oxygen atoms in total. The molecule has 1 saturated heterocycles. The molecule has 1 aliphatic heterocycles. The Hall–Kier alpha value is -2.24. The van der Waals surface area contributed by atoms with Gasteiger partial charge in [0.25, 0.3) is 0 Å². The van der Waals surface area contributed by atoms with Crippen LogP contribution in [0.1, 0.15) is 31.2 Å². The zero-order chi connectivity index (χ0) is 15.4. The van der Waals surface area contributed by atoms with Crippen molar-refractivity contribution in [2.24, 2.45) is 0 Å². The average molecular weight is 298 g/mol. The lowest BCUT2D eigenvalue weighted by atomic mass is 10.0. The molecule has 0 radical (unpaired) electrons. The number of aryl methyl sites for hydroxylation is 2. The van der Waals surface area contributed by atoms with Gasteiger partial charge in [-0.05, 0) is 26.2 Å². The minimum Gasteiger partial charge on any atom is -0.367 e. The molecule has 0 spiro atoms. The van der Waals surface area contributed by atoms with Gasteiger partial charge < -0.3 is 10.2 Å². The van der Waals surface area contributed by atoms with E-state index in [0.717, 1.165) is 55.4 Å². The largest absolute Gasteiger partial charge is 0.367 e. The predicted molar refractivity (Wildman–Crippen MR) is 87.0 cm³/mol. The third-order valence-electron chi connectivity index (χ3n) is 4.05. The summed E-state index contributed by atoms with van der Waals surface area (Å²) in [6.45, 7) is 6.10. The maximum Gasteiger partial charge on any atom is 0.132 e. The smallest absolute Gasteiger partial charge is 0.132 e. The van der Waals surface area contributed by atoms with Crippen molar-refractivity contribution < 1.29 is 0 Å². The van der Waals surface area contributed by atoms with Crippen LogP contribution in [-0.2, 0) is 6.42 Å². The molecule has 2 aromatic heterocycles. The zero-order valence-electron chi connectivity index (χ0n) is 13.2. The van der Waals surface area contributed by atoms with Crippen LogP contribution in [0.5, 0.6) is 0 Å². The molecule has 0 unspecified atom stereocenters. The van der Waals surface area contributed by atoms with Gasteiger partial charge in [-0.2, -0.15) is 0 Å². The molecule has 0 aromatic carbocycles. The van der Waals surface area contributed by atoms with Crippen molar-refractivity contribution in [3.8, 4) is 0 Å². The van der Waals surface area contributed by atoms with Gasteiger partial charge >= 0.3 is 0 Å². The number of aromatic nitrogens is 4. The summed E-state index contributed by atoms with van der Waals surface area (Å²) < 4.78 is 0. The Morgan fingerprint density at radius 2 is 1.86 bits per heavy atom. The SMILES string of the molecule is CCc1cc(N2CCC(Nc3cc(C)ncn3)CC2)ncn1. The first-order chi connectivity index (χ1) is 10.7. The number of piperidine rings is 1. The van der Waals surface area contributed by atoms with Crippen LogP contribution < -0.4 is 10.2 Å². The summed E-state index contributed by atoms with van der Waals surface area (Å²) in [4.78, 5) is 19.4. The molecule has 116 valence electrons. The molecule has 22 heavy (non-hydrogen) atoms. The molecule has 0 atom stereocenters. The van der Waals surface area contributed by atoms with Crippen LogP contribution in [0.15, 0.2) is 24.8 Å². The fourth-order valence-corrected chi connectivity index (χ4v) is 2.75. The molecular formula is C16H22N6. The first-order valence-electron chi connectivity index (χ1n) is 7.85. The Labute approximate surface area is 131 Å². The molecule has 0 bridgehead atoms. The standard InChI is InChI=1S/C16H22N6/c1-3-13-9-16(20-11-18-13)22-6-4-14(5-7-22)21-15-8-12(2)17-10-19-15/h8-11,14H,3-7H2,1-2H3,(H,17,19,21). The van der Waals surface area contributed by atoms with E-state index < -0.39 is 0 Å². The summed E-state index contributed by atoms with van der Waals surface area (Å²) in [6.07, 6.45) is 6.38. The lowest BCUT2D eigenvalue weighted by molar-refractivity contribution is 0.522. The van der Waals surface area contributed by atoms with E-state index in [0.29, 0.717) is 6.04 Å². The lowest BCUT2D eigenvalue weighted by Crippen LogP contribution is -2.39. The summed E-state index contributed by atoms with van der Waals surface area (Å²) >= 11 is 0. The number of nitrogens with one attached hydrogen (secondary N) is 1. The predicted octanol–water partition coefficient (Wildman–Crippen LogP) is 2.22. The van der Waals surface area contributed by atoms with Gasteiger partial charge in [-0.15, -0.1) is 0 Å². The third-order valence-corrected chi connectivity index (χ3v) is 4.05. The van der Waals surface area contributed by atoms with Crippen molar-refractivity contribution in [3.63, 3.8) is 0 Å². The molecule has 1 fully saturated rings. The van der Waals surface area contributed by atoms with Crippen molar-refractivity contribution in [1.29, 1.82) is 0 Å². The molecule has 0 amide bonds. The molecule has 3 rings (SSSR count). The van der Waals surface area contributed by atoms with Gasteiger partial charge in [0.2, 0.25) is 0 Å². The molecule has 3 heterocycles. The van der Waals surface area contributed by atoms with Crippen LogP contribution in [0.3, 0.4) is 0 Å². The van der Waals surface area contributed by atoms with Gasteiger partial charge in [0, 0.05) is 42.7 Å². The molecule has 2 aromatic rings. The minimum atomic E-state index is 0.457. The molecule has 6 heteroatoms. The summed E-state index contributed by atoms with van der Waals surface area (Å²) in [5, 5.41) is 3.51. The molecule has 0 saturated carbocycles. The highest BCUT2D eigenvalue weighted by atomic mass is 15.2. The van der Waals surface area contributed by atoms with E-state index in [4.69, 9.17) is 0 Å². The third kappa shape index (κ3) is 3.50. The Kier molecular flexibility index (Phi) is 4.46. The Balaban J connectivity index is 1.58. The van der Waals surface area contributed by atoms with Gasteiger partial charge in [-0.25, -0.2) is 19.9 Å². The van der Waals surface area contributed by atoms with Gasteiger partial charge in [0.1, 0.15) is 24.3 Å². The van der Waals surface area contributed by atoms with Crippen molar-refractivity contribution >= 4 is 11.6 Å². The summed E-state index contributed by atoms with van der Waals surface area (Å²) in [5.41, 5.74) is 2.09. The number of hydrogen-bond donors (Lipinski definition) is 1. The summed E-state index contributed by atoms with van der Waals surface area (Å²) in [5.74, 6) is 1.96. The summed E-state index contributed by atoms with van der Waals surface area (Å²) in [7, 11) is 0. The van der Waals surface area contributed by atoms with Crippen molar-refractivity contribution in [2.45, 2.75) is 39.2 Å². The van der Waals surface area contributed by atoms with E-state index in [-0.39, 0.29) is 0 Å². The topological polar surface area (TPSA) is 66.8 Å². The molecule has 0 aliphatic carbocycles. The fourth-order valence-electron chi connectivity index (χ4n) is 2.75. The zero-order valence-corrected chi connectivity index (χ0v) is 13.2. The van der Waals surface area contributed by atoms with E-state index in [1.807, 2.05) is 13.0 Å². The van der Waals surface area contributed by atoms with Crippen molar-refractivity contribution in [1.82, 2.24) is 19.9 Å². The highest BCUT2D eigenvalue weighted by Gasteiger charge is 2.20. The number of nitrogens with zero attached hydrogens (tertiary/aromatic N) is 5. The van der Waals surface area contributed by atoms with Crippen LogP contribution in [-0.4, -0.2) is 39.1 Å². The van der Waals surface area contributed by atoms with Crippen LogP contribution in [0, 0.1) is 6.92 Å². The Bertz CT molecular complexity index is 622. The van der Waals surface area contributed by atoms with Crippen LogP contribution in [0.25, 0.3) is 0 Å². The molecule has 1 N–H and O–H groups in total. The van der Waals surface area contributed by atoms with Gasteiger partial charge in [-0.3, -0.25) is 0 Å². The highest BCUT2D eigenvalue weighted by molar-refractivity contribution is 5.41. The van der Waals surface area contributed by atoms with Crippen molar-refractivity contribution in [2.75, 3.05) is 23.3 Å². The first-order valence-corrected chi connectivity index (χ1v) is 7.85. The van der Waals surface area contributed by atoms with Crippen LogP contribution >= 0.6 is 0 Å². The monoisotopic (exact) mass is 298 g/mol. The number of hydrogen-bond acceptors (Lipinski definition) is 6. The lowest BCUT2D eigenvalue weighted by Gasteiger charge is -2.33. The molecule has 1 aliphatic rings. The van der Waals surface area contributed by atoms with Crippen molar-refractivity contribution in [3.05, 3.63) is 36.2 Å². The first kappa shape index (κ1) is 14.7. The van der Waals surface area contributed by atoms with Gasteiger partial charge in [-0.1, -0.05) is 6.92 Å². The normalized spacial score (nSPS) is 15.8. The van der Waals surface area contributed by atoms with Crippen LogP contribution in [0.2, 0.25) is 0 Å². The summed E-state index contributed by atoms with van der Waals surface area (Å²) in [6, 6.07) is 4.55. The van der Waals surface area contributed by atoms with E-state index >= 15 is 0 Å². The maximum absolute atomic E-state index is 4.41. The van der Waals surface area contributed by atoms with Crippen LogP contribution in [0.4, 0.5) is 11.6 Å². The Morgan fingerprint density at radius 3 is 2.59 bits per heavy atom. The quantitative estimate of drug-likeness (QED) is 0.933. The maximum atomic E-state index is 4.41. The van der Waals surface area contributed by atoms with E-state index in [9.17, 15) is 0 Å². The second kappa shape index (κ2) is 6.68. The molecular weight excluding hydrogens is 276 g/mol. The second-order valence-corrected chi connectivity index (χ2v) is 5.67. The van der Waals surface area contributed by atoms with Gasteiger partial charge in [0.15, 0.2) is 0 Å². The van der Waals surface area contributed by atoms with E-state index in [1.165, 1.54) is 0 Å². The van der Waals surface area contributed by atoms with Gasteiger partial charge in [0.05, 0.1) is 0 Å². The highest BCUT2D eigenvalue weighted by Crippen LogP contribution is 2.20. The van der Waals surface area contributed by atoms with E-state index in [1.54, 1.807) is 12.7 Å². The Morgan fingerprint density at radius 1 is 1.09 bits per heavy atom. The number of anilines is 2. The average Bonchev–Trinajstić information content (AvgIpc) is 2.56.